The first kappa shape index (κ1) is 21.3. The van der Waals surface area contributed by atoms with Gasteiger partial charge in [-0.1, -0.05) is 67.6 Å². The van der Waals surface area contributed by atoms with Gasteiger partial charge in [0.2, 0.25) is 0 Å². The van der Waals surface area contributed by atoms with Crippen LogP contribution in [0.3, 0.4) is 0 Å². The smallest absolute Gasteiger partial charge is 0.274 e. The van der Waals surface area contributed by atoms with E-state index in [9.17, 15) is 14.9 Å². The van der Waals surface area contributed by atoms with Gasteiger partial charge in [0.25, 0.3) is 11.5 Å². The lowest BCUT2D eigenvalue weighted by Crippen LogP contribution is -2.42. The lowest BCUT2D eigenvalue weighted by molar-refractivity contribution is -0.115. The van der Waals surface area contributed by atoms with Crippen LogP contribution in [-0.4, -0.2) is 17.0 Å². The Bertz CT molecular complexity index is 1410. The highest BCUT2D eigenvalue weighted by atomic mass is 32.1. The molecule has 0 saturated carbocycles. The van der Waals surface area contributed by atoms with Crippen molar-refractivity contribution >= 4 is 34.7 Å². The van der Waals surface area contributed by atoms with Gasteiger partial charge in [0.1, 0.15) is 10.5 Å². The van der Waals surface area contributed by atoms with Crippen molar-refractivity contribution in [2.75, 3.05) is 6.54 Å². The van der Waals surface area contributed by atoms with Crippen LogP contribution in [0.5, 0.6) is 0 Å². The molecule has 0 saturated heterocycles. The van der Waals surface area contributed by atoms with Gasteiger partial charge in [-0.05, 0) is 23.6 Å². The van der Waals surface area contributed by atoms with E-state index in [4.69, 9.17) is 5.73 Å². The van der Waals surface area contributed by atoms with Gasteiger partial charge in [0, 0.05) is 6.54 Å². The van der Waals surface area contributed by atoms with Gasteiger partial charge in [0.15, 0.2) is 0 Å². The molecule has 0 aliphatic carbocycles. The van der Waals surface area contributed by atoms with E-state index in [1.165, 1.54) is 15.9 Å². The lowest BCUT2D eigenvalue weighted by Gasteiger charge is -2.25. The minimum absolute atomic E-state index is 0.0670. The number of hydrogen-bond acceptors (Lipinski definition) is 5. The van der Waals surface area contributed by atoms with Crippen molar-refractivity contribution in [2.45, 2.75) is 19.3 Å². The summed E-state index contributed by atoms with van der Waals surface area (Å²) in [5.74, 6) is -0.889. The number of aromatic nitrogens is 1. The number of nitrogens with two attached hydrogens (primary N) is 1. The summed E-state index contributed by atoms with van der Waals surface area (Å²) in [6, 6.07) is 20.9. The number of fused-ring (bicyclic) bond motifs is 1. The zero-order valence-corrected chi connectivity index (χ0v) is 18.4. The number of thiazole rings is 1. The molecule has 1 aliphatic heterocycles. The van der Waals surface area contributed by atoms with Crippen LogP contribution in [0.15, 0.2) is 71.0 Å². The molecule has 1 aromatic heterocycles. The minimum Gasteiger partial charge on any atom is -0.384 e. The van der Waals surface area contributed by atoms with E-state index in [1.807, 2.05) is 67.6 Å². The van der Waals surface area contributed by atoms with Crippen molar-refractivity contribution in [1.82, 2.24) is 9.88 Å². The van der Waals surface area contributed by atoms with Crippen LogP contribution in [0, 0.1) is 11.3 Å². The Labute approximate surface area is 189 Å². The number of carbonyl (C=O) groups is 1. The molecule has 2 heterocycles. The first-order valence-electron chi connectivity index (χ1n) is 10.3. The molecule has 160 valence electrons. The van der Waals surface area contributed by atoms with E-state index in [-0.39, 0.29) is 22.9 Å². The molecule has 4 rings (SSSR count). The van der Waals surface area contributed by atoms with Gasteiger partial charge in [-0.3, -0.25) is 14.2 Å². The van der Waals surface area contributed by atoms with Crippen molar-refractivity contribution in [2.24, 2.45) is 5.73 Å². The standard InChI is InChI=1S/C25H22N4O2S/c1-2-13-28-23(30)21-20(17-11-7-4-8-12-17)18(15-26)22(27)29-24(31)19(32-25(21)29)14-16-9-5-3-6-10-16/h3-12,14,20H,2,13,27H2,1H3,(H,28,30)/b19-14+. The van der Waals surface area contributed by atoms with Crippen LogP contribution in [0.25, 0.3) is 17.5 Å². The highest BCUT2D eigenvalue weighted by molar-refractivity contribution is 7.07. The molecule has 7 heteroatoms. The van der Waals surface area contributed by atoms with Gasteiger partial charge < -0.3 is 11.1 Å². The molecule has 1 aliphatic rings. The third-order valence-electron chi connectivity index (χ3n) is 5.28. The summed E-state index contributed by atoms with van der Waals surface area (Å²) < 4.78 is 2.20. The second-order valence-electron chi connectivity index (χ2n) is 7.39. The third kappa shape index (κ3) is 3.77. The maximum Gasteiger partial charge on any atom is 0.274 e. The minimum atomic E-state index is -0.652. The van der Waals surface area contributed by atoms with Gasteiger partial charge in [-0.25, -0.2) is 0 Å². The van der Waals surface area contributed by atoms with Crippen LogP contribution < -0.4 is 25.8 Å². The fraction of sp³-hybridized carbons (Fsp3) is 0.160. The lowest BCUT2D eigenvalue weighted by atomic mass is 9.83. The average molecular weight is 443 g/mol. The van der Waals surface area contributed by atoms with E-state index in [2.05, 4.69) is 11.4 Å². The molecule has 1 unspecified atom stereocenters. The van der Waals surface area contributed by atoms with Crippen molar-refractivity contribution in [3.05, 3.63) is 96.9 Å². The maximum atomic E-state index is 13.3. The molecule has 3 aromatic rings. The van der Waals surface area contributed by atoms with Crippen molar-refractivity contribution in [3.8, 4) is 6.07 Å². The molecule has 2 aromatic carbocycles. The summed E-state index contributed by atoms with van der Waals surface area (Å²) in [7, 11) is 0. The van der Waals surface area contributed by atoms with Crippen molar-refractivity contribution < 1.29 is 4.79 Å². The summed E-state index contributed by atoms with van der Waals surface area (Å²) in [6.07, 6.45) is 2.54. The van der Waals surface area contributed by atoms with E-state index in [1.54, 1.807) is 6.08 Å². The number of nitrogens with zero attached hydrogens (tertiary/aromatic N) is 2. The van der Waals surface area contributed by atoms with Crippen LogP contribution >= 0.6 is 11.3 Å². The molecular formula is C25H22N4O2S. The first-order chi connectivity index (χ1) is 15.6. The average Bonchev–Trinajstić information content (AvgIpc) is 3.14. The number of rotatable bonds is 5. The first-order valence-corrected chi connectivity index (χ1v) is 11.1. The number of nitrogens with one attached hydrogen (secondary N) is 1. The second kappa shape index (κ2) is 9.08. The molecule has 3 N–H and O–H groups in total. The van der Waals surface area contributed by atoms with E-state index >= 15 is 0 Å². The molecule has 1 atom stereocenters. The Morgan fingerprint density at radius 1 is 1.19 bits per heavy atom. The predicted octanol–water partition coefficient (Wildman–Crippen LogP) is 1.86. The summed E-state index contributed by atoms with van der Waals surface area (Å²) in [6.45, 7) is 2.45. The Morgan fingerprint density at radius 3 is 2.47 bits per heavy atom. The summed E-state index contributed by atoms with van der Waals surface area (Å²) in [5, 5.41) is 12.9. The van der Waals surface area contributed by atoms with E-state index in [0.717, 1.165) is 17.5 Å². The van der Waals surface area contributed by atoms with Crippen molar-refractivity contribution in [3.63, 3.8) is 0 Å². The fourth-order valence-electron chi connectivity index (χ4n) is 3.78. The maximum absolute atomic E-state index is 13.3. The molecule has 0 radical (unpaired) electrons. The number of benzene rings is 2. The molecule has 0 bridgehead atoms. The number of nitriles is 1. The SMILES string of the molecule is CCCNC(=O)C1=c2s/c(=C/c3ccccc3)c(=O)n2C(N)=C(C#N)C1c1ccccc1. The molecule has 0 fully saturated rings. The molecule has 32 heavy (non-hydrogen) atoms. The number of hydrogen-bond donors (Lipinski definition) is 2. The zero-order chi connectivity index (χ0) is 22.7. The summed E-state index contributed by atoms with van der Waals surface area (Å²) in [5.41, 5.74) is 8.22. The van der Waals surface area contributed by atoms with Gasteiger partial charge >= 0.3 is 0 Å². The summed E-state index contributed by atoms with van der Waals surface area (Å²) in [4.78, 5) is 26.6. The monoisotopic (exact) mass is 442 g/mol. The Morgan fingerprint density at radius 2 is 1.84 bits per heavy atom. The van der Waals surface area contributed by atoms with Gasteiger partial charge in [0.05, 0.1) is 27.7 Å². The van der Waals surface area contributed by atoms with Gasteiger partial charge in [-0.15, -0.1) is 11.3 Å². The highest BCUT2D eigenvalue weighted by Gasteiger charge is 2.35. The van der Waals surface area contributed by atoms with Crippen LogP contribution in [0.2, 0.25) is 0 Å². The number of amides is 1. The zero-order valence-electron chi connectivity index (χ0n) is 17.5. The number of allylic oxidation sites excluding steroid dienone is 1. The van der Waals surface area contributed by atoms with E-state index < -0.39 is 5.92 Å². The van der Waals surface area contributed by atoms with E-state index in [0.29, 0.717) is 21.3 Å². The highest BCUT2D eigenvalue weighted by Crippen LogP contribution is 2.35. The largest absolute Gasteiger partial charge is 0.384 e. The normalized spacial score (nSPS) is 15.9. The molecule has 1 amide bonds. The molecule has 6 nitrogen and oxygen atoms in total. The topological polar surface area (TPSA) is 101 Å². The second-order valence-corrected chi connectivity index (χ2v) is 8.42. The van der Waals surface area contributed by atoms with Crippen LogP contribution in [-0.2, 0) is 4.79 Å². The van der Waals surface area contributed by atoms with Crippen molar-refractivity contribution in [1.29, 1.82) is 5.26 Å². The fourth-order valence-corrected chi connectivity index (χ4v) is 4.96. The summed E-state index contributed by atoms with van der Waals surface area (Å²) >= 11 is 1.21. The quantitative estimate of drug-likeness (QED) is 0.630. The number of carbonyl (C=O) groups excluding carboxylic acids is 1. The van der Waals surface area contributed by atoms with Crippen LogP contribution in [0.1, 0.15) is 30.4 Å². The van der Waals surface area contributed by atoms with Gasteiger partial charge in [-0.2, -0.15) is 5.26 Å². The predicted molar refractivity (Wildman–Crippen MR) is 127 cm³/mol. The Hall–Kier alpha value is -3.89. The molecule has 0 spiro atoms. The molecular weight excluding hydrogens is 420 g/mol. The Balaban J connectivity index is 2.07. The Kier molecular flexibility index (Phi) is 6.06. The van der Waals surface area contributed by atoms with Crippen LogP contribution in [0.4, 0.5) is 0 Å². The third-order valence-corrected chi connectivity index (χ3v) is 6.39.